The van der Waals surface area contributed by atoms with Crippen LogP contribution in [-0.4, -0.2) is 10.5 Å². The van der Waals surface area contributed by atoms with Gasteiger partial charge in [0.1, 0.15) is 4.36 Å². The summed E-state index contributed by atoms with van der Waals surface area (Å²) in [5, 5.41) is 1.95. The Balaban J connectivity index is 2.82. The van der Waals surface area contributed by atoms with Crippen molar-refractivity contribution in [1.82, 2.24) is 0 Å². The molecule has 1 heterocycles. The van der Waals surface area contributed by atoms with Crippen LogP contribution in [0.5, 0.6) is 0 Å². The van der Waals surface area contributed by atoms with Crippen LogP contribution in [0, 0.1) is 0 Å². The van der Waals surface area contributed by atoms with Crippen LogP contribution in [0.3, 0.4) is 0 Å². The molecule has 1 aromatic heterocycles. The molecule has 0 aliphatic carbocycles. The first-order valence-electron chi connectivity index (χ1n) is 2.94. The summed E-state index contributed by atoms with van der Waals surface area (Å²) in [6.07, 6.45) is 3.29. The van der Waals surface area contributed by atoms with E-state index in [1.807, 2.05) is 17.5 Å². The molecule has 0 saturated heterocycles. The van der Waals surface area contributed by atoms with Crippen molar-refractivity contribution in [2.75, 3.05) is 6.26 Å². The Morgan fingerprint density at radius 3 is 3.00 bits per heavy atom. The SMILES string of the molecule is CS(=O)/C(Cl)=C/c1cccs1. The molecular weight excluding hydrogens is 200 g/mol. The Morgan fingerprint density at radius 1 is 1.82 bits per heavy atom. The van der Waals surface area contributed by atoms with Gasteiger partial charge in [0.25, 0.3) is 0 Å². The average molecular weight is 207 g/mol. The number of rotatable bonds is 2. The van der Waals surface area contributed by atoms with Crippen LogP contribution in [0.1, 0.15) is 4.88 Å². The molecule has 0 spiro atoms. The number of thiophene rings is 1. The summed E-state index contributed by atoms with van der Waals surface area (Å²) >= 11 is 7.25. The van der Waals surface area contributed by atoms with Gasteiger partial charge >= 0.3 is 0 Å². The van der Waals surface area contributed by atoms with Gasteiger partial charge in [-0.3, -0.25) is 4.21 Å². The van der Waals surface area contributed by atoms with Crippen LogP contribution in [0.4, 0.5) is 0 Å². The molecule has 60 valence electrons. The van der Waals surface area contributed by atoms with Gasteiger partial charge in [0.15, 0.2) is 0 Å². The van der Waals surface area contributed by atoms with E-state index in [0.717, 1.165) is 4.88 Å². The molecule has 0 bridgehead atoms. The Labute approximate surface area is 77.2 Å². The molecule has 1 unspecified atom stereocenters. The summed E-state index contributed by atoms with van der Waals surface area (Å²) in [6.45, 7) is 0. The monoisotopic (exact) mass is 206 g/mol. The summed E-state index contributed by atoms with van der Waals surface area (Å²) in [6, 6.07) is 3.86. The largest absolute Gasteiger partial charge is 0.254 e. The molecule has 1 rings (SSSR count). The minimum atomic E-state index is -1.06. The summed E-state index contributed by atoms with van der Waals surface area (Å²) in [5.74, 6) is 0. The molecule has 0 N–H and O–H groups in total. The molecule has 1 nitrogen and oxygen atoms in total. The zero-order valence-electron chi connectivity index (χ0n) is 5.91. The molecule has 0 amide bonds. The Bertz CT molecular complexity index is 277. The van der Waals surface area contributed by atoms with Crippen molar-refractivity contribution >= 4 is 39.8 Å². The molecule has 0 aliphatic heterocycles. The lowest BCUT2D eigenvalue weighted by Gasteiger charge is -1.89. The highest BCUT2D eigenvalue weighted by Crippen LogP contribution is 2.16. The topological polar surface area (TPSA) is 17.1 Å². The molecule has 0 radical (unpaired) electrons. The molecule has 11 heavy (non-hydrogen) atoms. The van der Waals surface area contributed by atoms with Crippen molar-refractivity contribution < 1.29 is 4.21 Å². The van der Waals surface area contributed by atoms with Crippen molar-refractivity contribution in [3.63, 3.8) is 0 Å². The lowest BCUT2D eigenvalue weighted by atomic mass is 10.5. The summed E-state index contributed by atoms with van der Waals surface area (Å²) in [4.78, 5) is 1.03. The zero-order chi connectivity index (χ0) is 8.27. The average Bonchev–Trinajstić information content (AvgIpc) is 2.39. The van der Waals surface area contributed by atoms with Gasteiger partial charge in [-0.05, 0) is 17.5 Å². The van der Waals surface area contributed by atoms with Crippen LogP contribution in [-0.2, 0) is 10.8 Å². The van der Waals surface area contributed by atoms with Crippen LogP contribution in [0.2, 0.25) is 0 Å². The second kappa shape index (κ2) is 4.04. The summed E-state index contributed by atoms with van der Waals surface area (Å²) < 4.78 is 11.2. The smallest absolute Gasteiger partial charge is 0.106 e. The van der Waals surface area contributed by atoms with Crippen molar-refractivity contribution in [1.29, 1.82) is 0 Å². The third kappa shape index (κ3) is 2.77. The molecular formula is C7H7ClOS2. The Hall–Kier alpha value is -0.120. The molecule has 0 aromatic carbocycles. The van der Waals surface area contributed by atoms with Crippen LogP contribution in [0.15, 0.2) is 21.9 Å². The van der Waals surface area contributed by atoms with E-state index in [-0.39, 0.29) is 0 Å². The maximum absolute atomic E-state index is 10.8. The minimum Gasteiger partial charge on any atom is -0.254 e. The van der Waals surface area contributed by atoms with E-state index < -0.39 is 10.8 Å². The second-order valence-corrected chi connectivity index (χ2v) is 4.88. The summed E-state index contributed by atoms with van der Waals surface area (Å²) in [7, 11) is -1.06. The first-order valence-corrected chi connectivity index (χ1v) is 5.76. The fourth-order valence-corrected chi connectivity index (χ4v) is 1.78. The third-order valence-electron chi connectivity index (χ3n) is 1.07. The normalized spacial score (nSPS) is 14.9. The van der Waals surface area contributed by atoms with Gasteiger partial charge in [-0.2, -0.15) is 0 Å². The lowest BCUT2D eigenvalue weighted by Crippen LogP contribution is -1.81. The van der Waals surface area contributed by atoms with E-state index in [2.05, 4.69) is 0 Å². The van der Waals surface area contributed by atoms with E-state index in [1.165, 1.54) is 0 Å². The minimum absolute atomic E-state index is 0.396. The van der Waals surface area contributed by atoms with Gasteiger partial charge in [0.05, 0.1) is 10.8 Å². The van der Waals surface area contributed by atoms with Crippen molar-refractivity contribution in [3.05, 3.63) is 26.8 Å². The first kappa shape index (κ1) is 8.97. The van der Waals surface area contributed by atoms with Crippen molar-refractivity contribution in [2.24, 2.45) is 0 Å². The van der Waals surface area contributed by atoms with Crippen LogP contribution in [0.25, 0.3) is 6.08 Å². The highest BCUT2D eigenvalue weighted by Gasteiger charge is 1.96. The van der Waals surface area contributed by atoms with E-state index >= 15 is 0 Å². The standard InChI is InChI=1S/C7H7ClOS2/c1-11(9)7(8)5-6-3-2-4-10-6/h2-5H,1H3/b7-5+. The Morgan fingerprint density at radius 2 is 2.55 bits per heavy atom. The second-order valence-electron chi connectivity index (χ2n) is 1.92. The number of hydrogen-bond acceptors (Lipinski definition) is 2. The highest BCUT2D eigenvalue weighted by molar-refractivity contribution is 7.90. The predicted octanol–water partition coefficient (Wildman–Crippen LogP) is 2.66. The van der Waals surface area contributed by atoms with Gasteiger partial charge in [-0.25, -0.2) is 0 Å². The maximum atomic E-state index is 10.8. The van der Waals surface area contributed by atoms with Gasteiger partial charge < -0.3 is 0 Å². The highest BCUT2D eigenvalue weighted by atomic mass is 35.5. The quantitative estimate of drug-likeness (QED) is 0.727. The molecule has 1 aromatic rings. The lowest BCUT2D eigenvalue weighted by molar-refractivity contribution is 0.691. The van der Waals surface area contributed by atoms with Gasteiger partial charge in [-0.1, -0.05) is 17.7 Å². The third-order valence-corrected chi connectivity index (χ3v) is 3.32. The van der Waals surface area contributed by atoms with E-state index in [4.69, 9.17) is 11.6 Å². The number of halogens is 1. The van der Waals surface area contributed by atoms with Gasteiger partial charge in [0.2, 0.25) is 0 Å². The summed E-state index contributed by atoms with van der Waals surface area (Å²) in [5.41, 5.74) is 0. The fraction of sp³-hybridized carbons (Fsp3) is 0.143. The molecule has 1 atom stereocenters. The van der Waals surface area contributed by atoms with E-state index in [0.29, 0.717) is 4.36 Å². The Kier molecular flexibility index (Phi) is 3.30. The van der Waals surface area contributed by atoms with Gasteiger partial charge in [0, 0.05) is 11.1 Å². The van der Waals surface area contributed by atoms with E-state index in [1.54, 1.807) is 23.7 Å². The van der Waals surface area contributed by atoms with Crippen LogP contribution < -0.4 is 0 Å². The molecule has 4 heteroatoms. The fourth-order valence-electron chi connectivity index (χ4n) is 0.568. The van der Waals surface area contributed by atoms with Crippen LogP contribution >= 0.6 is 22.9 Å². The molecule has 0 fully saturated rings. The maximum Gasteiger partial charge on any atom is 0.106 e. The van der Waals surface area contributed by atoms with Crippen molar-refractivity contribution in [3.8, 4) is 0 Å². The zero-order valence-corrected chi connectivity index (χ0v) is 8.30. The van der Waals surface area contributed by atoms with Crippen molar-refractivity contribution in [2.45, 2.75) is 0 Å². The number of hydrogen-bond donors (Lipinski definition) is 0. The van der Waals surface area contributed by atoms with E-state index in [9.17, 15) is 4.21 Å². The van der Waals surface area contributed by atoms with Gasteiger partial charge in [-0.15, -0.1) is 11.3 Å². The molecule has 0 aliphatic rings. The molecule has 0 saturated carbocycles. The predicted molar refractivity (Wildman–Crippen MR) is 52.2 cm³/mol. The first-order chi connectivity index (χ1) is 5.20.